The molecule has 2 amide bonds. The van der Waals surface area contributed by atoms with Crippen LogP contribution < -0.4 is 5.32 Å². The van der Waals surface area contributed by atoms with Gasteiger partial charge in [0.25, 0.3) is 11.1 Å². The monoisotopic (exact) mass is 442 g/mol. The van der Waals surface area contributed by atoms with Gasteiger partial charge in [-0.2, -0.15) is 0 Å². The van der Waals surface area contributed by atoms with Crippen molar-refractivity contribution < 1.29 is 23.9 Å². The van der Waals surface area contributed by atoms with Gasteiger partial charge in [-0.15, -0.1) is 0 Å². The fourth-order valence-electron chi connectivity index (χ4n) is 4.16. The van der Waals surface area contributed by atoms with E-state index >= 15 is 0 Å². The quantitative estimate of drug-likeness (QED) is 0.650. The Morgan fingerprint density at radius 1 is 1.26 bits per heavy atom. The summed E-state index contributed by atoms with van der Waals surface area (Å²) in [5.41, 5.74) is -0.609. The number of imide groups is 1. The summed E-state index contributed by atoms with van der Waals surface area (Å²) in [4.78, 5) is 38.8. The van der Waals surface area contributed by atoms with E-state index in [-0.39, 0.29) is 25.7 Å². The van der Waals surface area contributed by atoms with E-state index in [0.717, 1.165) is 41.6 Å². The third kappa shape index (κ3) is 3.95. The van der Waals surface area contributed by atoms with E-state index in [0.29, 0.717) is 0 Å². The Labute approximate surface area is 185 Å². The molecule has 1 aliphatic carbocycles. The molecule has 2 aliphatic heterocycles. The fourth-order valence-corrected chi connectivity index (χ4v) is 5.39. The fraction of sp³-hybridized carbons (Fsp3) is 0.435. The Balaban J connectivity index is 1.66. The maximum Gasteiger partial charge on any atom is 0.321 e. The summed E-state index contributed by atoms with van der Waals surface area (Å²) < 4.78 is 11.9. The second kappa shape index (κ2) is 8.98. The second-order valence-electron chi connectivity index (χ2n) is 7.98. The smallest absolute Gasteiger partial charge is 0.321 e. The van der Waals surface area contributed by atoms with Gasteiger partial charge in [0.1, 0.15) is 12.0 Å². The van der Waals surface area contributed by atoms with Crippen molar-refractivity contribution in [3.05, 3.63) is 60.2 Å². The molecule has 7 nitrogen and oxygen atoms in total. The Morgan fingerprint density at radius 2 is 2.06 bits per heavy atom. The predicted molar refractivity (Wildman–Crippen MR) is 117 cm³/mol. The first-order valence-corrected chi connectivity index (χ1v) is 11.2. The highest BCUT2D eigenvalue weighted by molar-refractivity contribution is 8.16. The molecule has 1 aromatic carbocycles. The molecule has 2 fully saturated rings. The normalized spacial score (nSPS) is 30.2. The number of hydrogen-bond acceptors (Lipinski definition) is 7. The SMILES string of the molecule is CN1C(=O)SC(OC[C@H]2CCCN2)(C2(C(=O)OCc3ccccc3)C=CC=CC2)C1=O. The van der Waals surface area contributed by atoms with Crippen LogP contribution >= 0.6 is 11.8 Å². The van der Waals surface area contributed by atoms with Crippen molar-refractivity contribution in [2.75, 3.05) is 20.2 Å². The lowest BCUT2D eigenvalue weighted by atomic mass is 9.75. The number of nitrogens with one attached hydrogen (secondary N) is 1. The Bertz CT molecular complexity index is 912. The number of amides is 2. The molecule has 2 saturated heterocycles. The standard InChI is InChI=1S/C23H26N2O5S/c1-25-19(26)23(31-21(25)28,30-16-18-11-8-14-24-18)22(12-6-3-7-13-22)20(27)29-15-17-9-4-2-5-10-17/h2-7,9-10,12,18,24H,8,11,13-16H2,1H3/t18-,22?,23?/m1/s1. The first-order valence-electron chi connectivity index (χ1n) is 10.4. The number of esters is 1. The molecule has 164 valence electrons. The first-order chi connectivity index (χ1) is 15.0. The molecule has 0 spiro atoms. The molecule has 3 aliphatic rings. The molecule has 3 atom stereocenters. The van der Waals surface area contributed by atoms with Gasteiger partial charge in [-0.3, -0.25) is 19.3 Å². The lowest BCUT2D eigenvalue weighted by molar-refractivity contribution is -0.174. The van der Waals surface area contributed by atoms with Crippen molar-refractivity contribution in [1.29, 1.82) is 0 Å². The molecular weight excluding hydrogens is 416 g/mol. The van der Waals surface area contributed by atoms with Crippen LogP contribution in [-0.2, 0) is 25.7 Å². The van der Waals surface area contributed by atoms with Crippen LogP contribution in [0.5, 0.6) is 0 Å². The van der Waals surface area contributed by atoms with Crippen LogP contribution in [0.25, 0.3) is 0 Å². The summed E-state index contributed by atoms with van der Waals surface area (Å²) in [6.45, 7) is 1.18. The molecule has 1 aromatic rings. The summed E-state index contributed by atoms with van der Waals surface area (Å²) in [7, 11) is 1.42. The average molecular weight is 443 g/mol. The van der Waals surface area contributed by atoms with Crippen LogP contribution in [0.1, 0.15) is 24.8 Å². The third-order valence-electron chi connectivity index (χ3n) is 5.97. The van der Waals surface area contributed by atoms with Crippen molar-refractivity contribution >= 4 is 28.9 Å². The van der Waals surface area contributed by atoms with Crippen molar-refractivity contribution in [1.82, 2.24) is 10.2 Å². The highest BCUT2D eigenvalue weighted by Crippen LogP contribution is 2.54. The van der Waals surface area contributed by atoms with E-state index < -0.39 is 27.5 Å². The molecular formula is C23H26N2O5S. The van der Waals surface area contributed by atoms with E-state index in [9.17, 15) is 14.4 Å². The Kier molecular flexibility index (Phi) is 6.31. The Morgan fingerprint density at radius 3 is 2.68 bits per heavy atom. The number of hydrogen-bond donors (Lipinski definition) is 1. The largest absolute Gasteiger partial charge is 0.460 e. The van der Waals surface area contributed by atoms with Crippen LogP contribution in [0.4, 0.5) is 4.79 Å². The van der Waals surface area contributed by atoms with Gasteiger partial charge in [-0.1, -0.05) is 54.6 Å². The molecule has 1 N–H and O–H groups in total. The van der Waals surface area contributed by atoms with Gasteiger partial charge >= 0.3 is 5.97 Å². The van der Waals surface area contributed by atoms with Crippen LogP contribution in [0.3, 0.4) is 0 Å². The van der Waals surface area contributed by atoms with Crippen molar-refractivity contribution in [2.45, 2.75) is 36.8 Å². The molecule has 0 aromatic heterocycles. The molecule has 0 saturated carbocycles. The zero-order valence-electron chi connectivity index (χ0n) is 17.4. The lowest BCUT2D eigenvalue weighted by Crippen LogP contribution is -2.58. The number of thioether (sulfide) groups is 1. The van der Waals surface area contributed by atoms with E-state index in [1.54, 1.807) is 18.2 Å². The van der Waals surface area contributed by atoms with Crippen molar-refractivity contribution in [3.63, 3.8) is 0 Å². The van der Waals surface area contributed by atoms with Crippen molar-refractivity contribution in [3.8, 4) is 0 Å². The number of carbonyl (C=O) groups excluding carboxylic acids is 3. The molecule has 0 bridgehead atoms. The minimum absolute atomic E-state index is 0.0713. The predicted octanol–water partition coefficient (Wildman–Crippen LogP) is 3.02. The molecule has 8 heteroatoms. The topological polar surface area (TPSA) is 84.9 Å². The van der Waals surface area contributed by atoms with Gasteiger partial charge in [0, 0.05) is 13.1 Å². The Hall–Kier alpha value is -2.42. The summed E-state index contributed by atoms with van der Waals surface area (Å²) in [6.07, 6.45) is 9.12. The van der Waals surface area contributed by atoms with Gasteiger partial charge in [-0.05, 0) is 43.1 Å². The van der Waals surface area contributed by atoms with Gasteiger partial charge < -0.3 is 14.8 Å². The van der Waals surface area contributed by atoms with Gasteiger partial charge in [0.05, 0.1) is 6.61 Å². The van der Waals surface area contributed by atoms with Crippen LogP contribution in [0, 0.1) is 5.41 Å². The summed E-state index contributed by atoms with van der Waals surface area (Å²) >= 11 is 0.769. The molecule has 2 heterocycles. The molecule has 31 heavy (non-hydrogen) atoms. The molecule has 0 radical (unpaired) electrons. The maximum absolute atomic E-state index is 13.5. The zero-order chi connectivity index (χ0) is 21.9. The number of ether oxygens (including phenoxy) is 2. The number of benzene rings is 1. The minimum atomic E-state index is -1.71. The molecule has 2 unspecified atom stereocenters. The average Bonchev–Trinajstić information content (AvgIpc) is 3.40. The highest BCUT2D eigenvalue weighted by atomic mass is 32.2. The van der Waals surface area contributed by atoms with Gasteiger partial charge in [0.2, 0.25) is 4.93 Å². The summed E-state index contributed by atoms with van der Waals surface area (Å²) in [6, 6.07) is 9.42. The van der Waals surface area contributed by atoms with E-state index in [1.807, 2.05) is 36.4 Å². The number of allylic oxidation sites excluding steroid dienone is 3. The number of likely N-dealkylation sites (N-methyl/N-ethyl adjacent to an activating group) is 1. The zero-order valence-corrected chi connectivity index (χ0v) is 18.2. The summed E-state index contributed by atoms with van der Waals surface area (Å²) in [5, 5.41) is 2.89. The second-order valence-corrected chi connectivity index (χ2v) is 9.11. The summed E-state index contributed by atoms with van der Waals surface area (Å²) in [5.74, 6) is -1.11. The number of nitrogens with zero attached hydrogens (tertiary/aromatic N) is 1. The highest BCUT2D eigenvalue weighted by Gasteiger charge is 2.68. The van der Waals surface area contributed by atoms with E-state index in [1.165, 1.54) is 7.05 Å². The number of rotatable bonds is 7. The van der Waals surface area contributed by atoms with Crippen LogP contribution in [-0.4, -0.2) is 53.2 Å². The lowest BCUT2D eigenvalue weighted by Gasteiger charge is -2.42. The van der Waals surface area contributed by atoms with Crippen LogP contribution in [0.15, 0.2) is 54.6 Å². The van der Waals surface area contributed by atoms with E-state index in [2.05, 4.69) is 5.32 Å². The maximum atomic E-state index is 13.5. The van der Waals surface area contributed by atoms with Gasteiger partial charge in [-0.25, -0.2) is 0 Å². The third-order valence-corrected chi connectivity index (χ3v) is 7.37. The van der Waals surface area contributed by atoms with Crippen molar-refractivity contribution in [2.24, 2.45) is 5.41 Å². The van der Waals surface area contributed by atoms with Gasteiger partial charge in [0.15, 0.2) is 0 Å². The van der Waals surface area contributed by atoms with E-state index in [4.69, 9.17) is 9.47 Å². The molecule has 4 rings (SSSR count). The first kappa shape index (κ1) is 21.8. The minimum Gasteiger partial charge on any atom is -0.460 e. The number of carbonyl (C=O) groups is 3. The van der Waals surface area contributed by atoms with Crippen LogP contribution in [0.2, 0.25) is 0 Å².